The van der Waals surface area contributed by atoms with Crippen molar-refractivity contribution in [1.29, 1.82) is 0 Å². The molecule has 4 rings (SSSR count). The van der Waals surface area contributed by atoms with E-state index in [-0.39, 0.29) is 18.1 Å². The number of ether oxygens (including phenoxy) is 1. The average Bonchev–Trinajstić information content (AvgIpc) is 3.17. The van der Waals surface area contributed by atoms with Crippen LogP contribution in [0.2, 0.25) is 0 Å². The van der Waals surface area contributed by atoms with Crippen LogP contribution in [0.3, 0.4) is 0 Å². The quantitative estimate of drug-likeness (QED) is 0.600. The Morgan fingerprint density at radius 2 is 2.06 bits per heavy atom. The Labute approximate surface area is 183 Å². The van der Waals surface area contributed by atoms with Gasteiger partial charge in [-0.15, -0.1) is 0 Å². The van der Waals surface area contributed by atoms with Crippen molar-refractivity contribution in [3.63, 3.8) is 0 Å². The summed E-state index contributed by atoms with van der Waals surface area (Å²) < 4.78 is 19.4. The first-order valence-electron chi connectivity index (χ1n) is 10.2. The van der Waals surface area contributed by atoms with Gasteiger partial charge in [0.05, 0.1) is 11.8 Å². The van der Waals surface area contributed by atoms with Crippen LogP contribution in [-0.4, -0.2) is 58.0 Å². The van der Waals surface area contributed by atoms with Gasteiger partial charge < -0.3 is 20.3 Å². The highest BCUT2D eigenvalue weighted by molar-refractivity contribution is 7.19. The number of hydrogen-bond acceptors (Lipinski definition) is 8. The van der Waals surface area contributed by atoms with Crippen molar-refractivity contribution in [2.24, 2.45) is 0 Å². The van der Waals surface area contributed by atoms with Crippen molar-refractivity contribution in [1.82, 2.24) is 25.2 Å². The number of piperidine rings is 1. The number of hydrogen-bond donors (Lipinski definition) is 2. The Morgan fingerprint density at radius 3 is 2.81 bits per heavy atom. The van der Waals surface area contributed by atoms with Crippen LogP contribution >= 0.6 is 11.3 Å². The number of halogens is 1. The average molecular weight is 445 g/mol. The highest BCUT2D eigenvalue weighted by Gasteiger charge is 2.22. The number of aromatic nitrogens is 3. The van der Waals surface area contributed by atoms with Crippen LogP contribution in [0.5, 0.6) is 5.75 Å². The number of amides is 1. The molecule has 164 valence electrons. The van der Waals surface area contributed by atoms with Gasteiger partial charge in [-0.1, -0.05) is 11.3 Å². The summed E-state index contributed by atoms with van der Waals surface area (Å²) in [5, 5.41) is 6.57. The van der Waals surface area contributed by atoms with E-state index < -0.39 is 5.82 Å². The number of thiazole rings is 1. The molecule has 1 saturated heterocycles. The number of carbonyl (C=O) groups excluding carboxylic acids is 1. The minimum Gasteiger partial charge on any atom is -0.489 e. The Balaban J connectivity index is 1.56. The molecule has 1 aliphatic heterocycles. The molecule has 2 N–H and O–H groups in total. The summed E-state index contributed by atoms with van der Waals surface area (Å²) in [4.78, 5) is 28.6. The lowest BCUT2D eigenvalue weighted by Gasteiger charge is -2.29. The number of nitrogens with one attached hydrogen (secondary N) is 2. The van der Waals surface area contributed by atoms with Crippen LogP contribution in [0, 0.1) is 5.82 Å². The second-order valence-electron chi connectivity index (χ2n) is 7.88. The number of likely N-dealkylation sites (tertiary alicyclic amines) is 1. The lowest BCUT2D eigenvalue weighted by molar-refractivity contribution is 0.0916. The minimum absolute atomic E-state index is 0.123. The van der Waals surface area contributed by atoms with Gasteiger partial charge in [-0.25, -0.2) is 19.3 Å². The molecular formula is C21H25FN6O2S. The van der Waals surface area contributed by atoms with Crippen LogP contribution in [0.1, 0.15) is 36.5 Å². The second kappa shape index (κ2) is 9.11. The van der Waals surface area contributed by atoms with E-state index in [1.54, 1.807) is 6.07 Å². The van der Waals surface area contributed by atoms with E-state index in [2.05, 4.69) is 37.5 Å². The van der Waals surface area contributed by atoms with Gasteiger partial charge in [0, 0.05) is 12.1 Å². The van der Waals surface area contributed by atoms with Crippen LogP contribution in [0.15, 0.2) is 24.5 Å². The predicted octanol–water partition coefficient (Wildman–Crippen LogP) is 3.58. The van der Waals surface area contributed by atoms with Crippen LogP contribution in [0.4, 0.5) is 15.9 Å². The molecule has 0 unspecified atom stereocenters. The molecule has 1 fully saturated rings. The third-order valence-corrected chi connectivity index (χ3v) is 5.96. The summed E-state index contributed by atoms with van der Waals surface area (Å²) >= 11 is 1.22. The van der Waals surface area contributed by atoms with Crippen molar-refractivity contribution in [3.8, 4) is 5.75 Å². The summed E-state index contributed by atoms with van der Waals surface area (Å²) in [6, 6.07) is 4.40. The lowest BCUT2D eigenvalue weighted by atomic mass is 10.1. The van der Waals surface area contributed by atoms with E-state index in [0.29, 0.717) is 32.6 Å². The Kier molecular flexibility index (Phi) is 6.28. The van der Waals surface area contributed by atoms with Gasteiger partial charge in [0.25, 0.3) is 5.91 Å². The first-order valence-corrected chi connectivity index (χ1v) is 11.0. The van der Waals surface area contributed by atoms with Crippen LogP contribution in [-0.2, 0) is 0 Å². The van der Waals surface area contributed by atoms with E-state index in [1.165, 1.54) is 29.8 Å². The molecule has 3 heterocycles. The molecule has 31 heavy (non-hydrogen) atoms. The summed E-state index contributed by atoms with van der Waals surface area (Å²) in [5.41, 5.74) is 1.04. The molecule has 0 bridgehead atoms. The van der Waals surface area contributed by atoms with Gasteiger partial charge in [0.2, 0.25) is 0 Å². The van der Waals surface area contributed by atoms with Crippen molar-refractivity contribution >= 4 is 39.1 Å². The fraction of sp³-hybridized carbons (Fsp3) is 0.429. The highest BCUT2D eigenvalue weighted by Crippen LogP contribution is 2.32. The van der Waals surface area contributed by atoms with Crippen molar-refractivity contribution in [2.45, 2.75) is 38.8 Å². The third kappa shape index (κ3) is 5.08. The van der Waals surface area contributed by atoms with Gasteiger partial charge >= 0.3 is 0 Å². The molecule has 0 aliphatic carbocycles. The Hall–Kier alpha value is -2.85. The molecule has 1 amide bonds. The van der Waals surface area contributed by atoms with E-state index >= 15 is 0 Å². The van der Waals surface area contributed by atoms with Crippen molar-refractivity contribution in [2.75, 3.05) is 25.5 Å². The first kappa shape index (κ1) is 21.4. The number of rotatable bonds is 6. The van der Waals surface area contributed by atoms with Crippen LogP contribution in [0.25, 0.3) is 10.3 Å². The van der Waals surface area contributed by atoms with Gasteiger partial charge in [0.15, 0.2) is 10.8 Å². The van der Waals surface area contributed by atoms with Gasteiger partial charge in [-0.3, -0.25) is 4.79 Å². The smallest absolute Gasteiger partial charge is 0.280 e. The van der Waals surface area contributed by atoms with Crippen LogP contribution < -0.4 is 15.4 Å². The zero-order valence-corrected chi connectivity index (χ0v) is 18.5. The molecule has 8 nitrogen and oxygen atoms in total. The first-order chi connectivity index (χ1) is 14.9. The standard InChI is InChI=1S/C21H25FN6O2S/c1-12(2)30-16-10-13(22)4-5-15(16)26-18-17-20(24-11-23-18)31-21(27-17)19(29)25-14-6-8-28(3)9-7-14/h4-5,10-12,14H,6-9H2,1-3H3,(H,25,29)(H,23,24,26). The maximum atomic E-state index is 13.7. The Bertz CT molecular complexity index is 1080. The molecule has 0 radical (unpaired) electrons. The minimum atomic E-state index is -0.393. The topological polar surface area (TPSA) is 92.3 Å². The summed E-state index contributed by atoms with van der Waals surface area (Å²) in [6.45, 7) is 5.66. The SMILES string of the molecule is CC(C)Oc1cc(F)ccc1Nc1ncnc2sc(C(=O)NC3CCN(C)CC3)nc12. The maximum absolute atomic E-state index is 13.7. The van der Waals surface area contributed by atoms with E-state index in [9.17, 15) is 9.18 Å². The second-order valence-corrected chi connectivity index (χ2v) is 8.86. The van der Waals surface area contributed by atoms with Crippen molar-refractivity contribution < 1.29 is 13.9 Å². The fourth-order valence-corrected chi connectivity index (χ4v) is 4.23. The summed E-state index contributed by atoms with van der Waals surface area (Å²) in [6.07, 6.45) is 3.13. The monoisotopic (exact) mass is 444 g/mol. The summed E-state index contributed by atoms with van der Waals surface area (Å²) in [5.74, 6) is 0.210. The number of fused-ring (bicyclic) bond motifs is 1. The van der Waals surface area contributed by atoms with E-state index in [1.807, 2.05) is 13.8 Å². The van der Waals surface area contributed by atoms with Gasteiger partial charge in [0.1, 0.15) is 28.2 Å². The largest absolute Gasteiger partial charge is 0.489 e. The zero-order valence-electron chi connectivity index (χ0n) is 17.7. The van der Waals surface area contributed by atoms with E-state index in [4.69, 9.17) is 4.74 Å². The molecule has 0 atom stereocenters. The third-order valence-electron chi connectivity index (χ3n) is 5.00. The molecule has 10 heteroatoms. The highest BCUT2D eigenvalue weighted by atomic mass is 32.1. The molecular weight excluding hydrogens is 419 g/mol. The lowest BCUT2D eigenvalue weighted by Crippen LogP contribution is -2.43. The molecule has 1 aromatic carbocycles. The number of benzene rings is 1. The van der Waals surface area contributed by atoms with Gasteiger partial charge in [-0.2, -0.15) is 0 Å². The number of anilines is 2. The van der Waals surface area contributed by atoms with Crippen molar-refractivity contribution in [3.05, 3.63) is 35.4 Å². The number of carbonyl (C=O) groups is 1. The molecule has 0 spiro atoms. The van der Waals surface area contributed by atoms with Gasteiger partial charge in [-0.05, 0) is 59.0 Å². The Morgan fingerprint density at radius 1 is 1.29 bits per heavy atom. The fourth-order valence-electron chi connectivity index (χ4n) is 3.42. The predicted molar refractivity (Wildman–Crippen MR) is 119 cm³/mol. The molecule has 3 aromatic rings. The normalized spacial score (nSPS) is 15.4. The van der Waals surface area contributed by atoms with E-state index in [0.717, 1.165) is 25.9 Å². The molecule has 2 aromatic heterocycles. The zero-order chi connectivity index (χ0) is 22.0. The molecule has 0 saturated carbocycles. The maximum Gasteiger partial charge on any atom is 0.280 e. The molecule has 1 aliphatic rings. The number of nitrogens with zero attached hydrogens (tertiary/aromatic N) is 4. The summed E-state index contributed by atoms with van der Waals surface area (Å²) in [7, 11) is 2.08.